The number of benzene rings is 1. The van der Waals surface area contributed by atoms with E-state index in [-0.39, 0.29) is 5.82 Å². The molecule has 1 aliphatic rings. The van der Waals surface area contributed by atoms with Crippen molar-refractivity contribution in [3.8, 4) is 0 Å². The Morgan fingerprint density at radius 3 is 2.58 bits per heavy atom. The third-order valence-corrected chi connectivity index (χ3v) is 3.62. The molecule has 0 bridgehead atoms. The van der Waals surface area contributed by atoms with Crippen molar-refractivity contribution in [2.75, 3.05) is 0 Å². The maximum absolute atomic E-state index is 12.9. The van der Waals surface area contributed by atoms with Crippen molar-refractivity contribution in [2.45, 2.75) is 12.8 Å². The van der Waals surface area contributed by atoms with E-state index in [1.165, 1.54) is 24.7 Å². The first-order valence-electron chi connectivity index (χ1n) is 5.65. The Kier molecular flexibility index (Phi) is 3.41. The zero-order chi connectivity index (χ0) is 13.2. The molecule has 19 heavy (non-hydrogen) atoms. The summed E-state index contributed by atoms with van der Waals surface area (Å²) in [5.41, 5.74) is 0.990. The number of ether oxygens (including phenoxy) is 2. The van der Waals surface area contributed by atoms with Crippen molar-refractivity contribution in [1.82, 2.24) is 9.55 Å². The molecule has 1 aliphatic heterocycles. The number of rotatable bonds is 3. The molecule has 0 radical (unpaired) electrons. The molecule has 1 aromatic carbocycles. The van der Waals surface area contributed by atoms with Gasteiger partial charge >= 0.3 is 0 Å². The second kappa shape index (κ2) is 5.20. The Balaban J connectivity index is 1.87. The molecule has 0 spiro atoms. The molecule has 1 aromatic heterocycles. The lowest BCUT2D eigenvalue weighted by atomic mass is 10.2. The third kappa shape index (κ3) is 2.58. The lowest BCUT2D eigenvalue weighted by Crippen LogP contribution is -2.12. The number of imidazole rings is 1. The van der Waals surface area contributed by atoms with E-state index in [9.17, 15) is 4.39 Å². The Morgan fingerprint density at radius 2 is 1.89 bits per heavy atom. The highest BCUT2D eigenvalue weighted by molar-refractivity contribution is 14.1. The maximum atomic E-state index is 12.9. The predicted octanol–water partition coefficient (Wildman–Crippen LogP) is 3.19. The fourth-order valence-electron chi connectivity index (χ4n) is 1.85. The Labute approximate surface area is 123 Å². The largest absolute Gasteiger partial charge is 0.452 e. The Morgan fingerprint density at radius 1 is 1.21 bits per heavy atom. The van der Waals surface area contributed by atoms with Gasteiger partial charge in [0.05, 0.1) is 12.7 Å². The molecular weight excluding hydrogens is 362 g/mol. The van der Waals surface area contributed by atoms with Gasteiger partial charge in [-0.1, -0.05) is 12.1 Å². The number of hydrogen-bond donors (Lipinski definition) is 0. The van der Waals surface area contributed by atoms with Crippen molar-refractivity contribution in [1.29, 1.82) is 0 Å². The summed E-state index contributed by atoms with van der Waals surface area (Å²) in [7, 11) is 0. The normalized spacial score (nSPS) is 14.4. The Hall–Kier alpha value is -1.57. The van der Waals surface area contributed by atoms with Gasteiger partial charge in [0.2, 0.25) is 0 Å². The fourth-order valence-corrected chi connectivity index (χ4v) is 2.40. The van der Waals surface area contributed by atoms with E-state index in [1.807, 2.05) is 4.57 Å². The average Bonchev–Trinajstić information content (AvgIpc) is 3.03. The van der Waals surface area contributed by atoms with Crippen LogP contribution in [0.5, 0.6) is 0 Å². The number of nitrogens with zero attached hydrogens (tertiary/aromatic N) is 2. The Bertz CT molecular complexity index is 602. The van der Waals surface area contributed by atoms with Crippen LogP contribution in [0.2, 0.25) is 0 Å². The second-order valence-corrected chi connectivity index (χ2v) is 5.13. The lowest BCUT2D eigenvalue weighted by molar-refractivity contribution is -0.0339. The minimum Gasteiger partial charge on any atom is -0.452 e. The number of hydrogen-bond acceptors (Lipinski definition) is 3. The van der Waals surface area contributed by atoms with Crippen molar-refractivity contribution in [3.05, 3.63) is 63.9 Å². The first kappa shape index (κ1) is 12.5. The molecule has 3 rings (SSSR count). The summed E-state index contributed by atoms with van der Waals surface area (Å²) in [6, 6.07) is 6.40. The van der Waals surface area contributed by atoms with Crippen LogP contribution in [0.15, 0.2) is 43.0 Å². The highest BCUT2D eigenvalue weighted by Gasteiger charge is 2.23. The monoisotopic (exact) mass is 372 g/mol. The minimum atomic E-state index is -0.510. The van der Waals surface area contributed by atoms with Crippen LogP contribution in [0.1, 0.15) is 17.7 Å². The molecule has 0 aliphatic carbocycles. The van der Waals surface area contributed by atoms with Gasteiger partial charge in [0.1, 0.15) is 22.0 Å². The molecule has 0 N–H and O–H groups in total. The van der Waals surface area contributed by atoms with Crippen molar-refractivity contribution >= 4 is 22.6 Å². The van der Waals surface area contributed by atoms with Crippen LogP contribution in [-0.2, 0) is 16.0 Å². The summed E-state index contributed by atoms with van der Waals surface area (Å²) in [5, 5.41) is 0. The first-order chi connectivity index (χ1) is 9.24. The molecule has 0 saturated heterocycles. The average molecular weight is 372 g/mol. The second-order valence-electron chi connectivity index (χ2n) is 4.03. The van der Waals surface area contributed by atoms with Gasteiger partial charge in [0, 0.05) is 0 Å². The SMILES string of the molecule is Fc1ccc(Cn2c(I)cnc2C2OC=CO2)cc1. The number of aromatic nitrogens is 2. The van der Waals surface area contributed by atoms with Crippen LogP contribution in [0.4, 0.5) is 4.39 Å². The highest BCUT2D eigenvalue weighted by Crippen LogP contribution is 2.25. The van der Waals surface area contributed by atoms with Crippen molar-refractivity contribution in [3.63, 3.8) is 0 Å². The molecule has 0 unspecified atom stereocenters. The van der Waals surface area contributed by atoms with Crippen LogP contribution in [-0.4, -0.2) is 9.55 Å². The van der Waals surface area contributed by atoms with E-state index >= 15 is 0 Å². The smallest absolute Gasteiger partial charge is 0.299 e. The van der Waals surface area contributed by atoms with E-state index in [0.29, 0.717) is 12.4 Å². The predicted molar refractivity (Wildman–Crippen MR) is 74.5 cm³/mol. The van der Waals surface area contributed by atoms with Gasteiger partial charge in [0.15, 0.2) is 5.82 Å². The quantitative estimate of drug-likeness (QED) is 0.777. The minimum absolute atomic E-state index is 0.240. The van der Waals surface area contributed by atoms with Gasteiger partial charge in [-0.2, -0.15) is 0 Å². The van der Waals surface area contributed by atoms with E-state index < -0.39 is 6.29 Å². The van der Waals surface area contributed by atoms with Crippen molar-refractivity contribution in [2.24, 2.45) is 0 Å². The summed E-state index contributed by atoms with van der Waals surface area (Å²) in [4.78, 5) is 4.30. The topological polar surface area (TPSA) is 36.3 Å². The third-order valence-electron chi connectivity index (χ3n) is 2.76. The molecule has 6 heteroatoms. The van der Waals surface area contributed by atoms with Gasteiger partial charge in [-0.3, -0.25) is 0 Å². The van der Waals surface area contributed by atoms with E-state index in [1.54, 1.807) is 18.3 Å². The zero-order valence-corrected chi connectivity index (χ0v) is 12.0. The van der Waals surface area contributed by atoms with Gasteiger partial charge in [-0.25, -0.2) is 9.37 Å². The van der Waals surface area contributed by atoms with Crippen LogP contribution >= 0.6 is 22.6 Å². The molecule has 0 atom stereocenters. The first-order valence-corrected chi connectivity index (χ1v) is 6.73. The molecule has 4 nitrogen and oxygen atoms in total. The van der Waals surface area contributed by atoms with E-state index in [4.69, 9.17) is 9.47 Å². The van der Waals surface area contributed by atoms with Gasteiger partial charge < -0.3 is 14.0 Å². The van der Waals surface area contributed by atoms with Gasteiger partial charge in [0.25, 0.3) is 6.29 Å². The summed E-state index contributed by atoms with van der Waals surface area (Å²) in [5.74, 6) is 0.453. The molecule has 2 heterocycles. The van der Waals surface area contributed by atoms with Crippen LogP contribution in [0.3, 0.4) is 0 Å². The van der Waals surface area contributed by atoms with Gasteiger partial charge in [-0.05, 0) is 40.3 Å². The molecule has 0 amide bonds. The number of halogens is 2. The highest BCUT2D eigenvalue weighted by atomic mass is 127. The molecule has 0 saturated carbocycles. The van der Waals surface area contributed by atoms with Gasteiger partial charge in [-0.15, -0.1) is 0 Å². The molecule has 0 fully saturated rings. The lowest BCUT2D eigenvalue weighted by Gasteiger charge is -2.13. The van der Waals surface area contributed by atoms with E-state index in [0.717, 1.165) is 9.26 Å². The molecular formula is C13H10FIN2O2. The molecule has 98 valence electrons. The van der Waals surface area contributed by atoms with Crippen molar-refractivity contribution < 1.29 is 13.9 Å². The maximum Gasteiger partial charge on any atom is 0.299 e. The summed E-state index contributed by atoms with van der Waals surface area (Å²) in [6.45, 7) is 0.594. The van der Waals surface area contributed by atoms with E-state index in [2.05, 4.69) is 27.6 Å². The van der Waals surface area contributed by atoms with Crippen LogP contribution in [0.25, 0.3) is 0 Å². The standard InChI is InChI=1S/C13H10FIN2O2/c14-10-3-1-9(2-4-10)8-17-11(15)7-16-12(17)13-18-5-6-19-13/h1-7,13H,8H2. The van der Waals surface area contributed by atoms with Crippen LogP contribution in [0, 0.1) is 9.52 Å². The summed E-state index contributed by atoms with van der Waals surface area (Å²) in [6.07, 6.45) is 4.23. The van der Waals surface area contributed by atoms with Crippen LogP contribution < -0.4 is 0 Å². The summed E-state index contributed by atoms with van der Waals surface area (Å²) < 4.78 is 26.4. The summed E-state index contributed by atoms with van der Waals surface area (Å²) >= 11 is 2.20. The molecule has 2 aromatic rings. The zero-order valence-electron chi connectivity index (χ0n) is 9.79. The fraction of sp³-hybridized carbons (Fsp3) is 0.154.